The SMILES string of the molecule is C\C=C/C(=C\C=C\NCC)OC. The fourth-order valence-corrected chi connectivity index (χ4v) is 0.685. The summed E-state index contributed by atoms with van der Waals surface area (Å²) >= 11 is 0. The lowest BCUT2D eigenvalue weighted by Gasteiger charge is -1.96. The molecule has 1 N–H and O–H groups in total. The van der Waals surface area contributed by atoms with Gasteiger partial charge in [0.2, 0.25) is 0 Å². The van der Waals surface area contributed by atoms with Gasteiger partial charge in [-0.3, -0.25) is 0 Å². The molecular formula is C10H17NO. The predicted molar refractivity (Wildman–Crippen MR) is 52.7 cm³/mol. The summed E-state index contributed by atoms with van der Waals surface area (Å²) in [6.07, 6.45) is 9.57. The van der Waals surface area contributed by atoms with Crippen molar-refractivity contribution in [1.29, 1.82) is 0 Å². The summed E-state index contributed by atoms with van der Waals surface area (Å²) < 4.78 is 5.07. The van der Waals surface area contributed by atoms with Gasteiger partial charge in [0.1, 0.15) is 5.76 Å². The monoisotopic (exact) mass is 167 g/mol. The zero-order chi connectivity index (χ0) is 9.23. The Balaban J connectivity index is 3.93. The minimum Gasteiger partial charge on any atom is -0.497 e. The van der Waals surface area contributed by atoms with Gasteiger partial charge in [0.25, 0.3) is 0 Å². The van der Waals surface area contributed by atoms with Crippen molar-refractivity contribution in [3.8, 4) is 0 Å². The number of rotatable bonds is 5. The van der Waals surface area contributed by atoms with Crippen LogP contribution in [0.15, 0.2) is 36.3 Å². The van der Waals surface area contributed by atoms with Gasteiger partial charge in [0, 0.05) is 6.54 Å². The molecular weight excluding hydrogens is 150 g/mol. The van der Waals surface area contributed by atoms with Crippen LogP contribution in [0.4, 0.5) is 0 Å². The highest BCUT2D eigenvalue weighted by Gasteiger charge is 1.82. The lowest BCUT2D eigenvalue weighted by atomic mass is 10.4. The lowest BCUT2D eigenvalue weighted by molar-refractivity contribution is 0.307. The normalized spacial score (nSPS) is 12.8. The Hall–Kier alpha value is -1.18. The number of ether oxygens (including phenoxy) is 1. The molecule has 2 heteroatoms. The van der Waals surface area contributed by atoms with E-state index in [0.29, 0.717) is 0 Å². The Kier molecular flexibility index (Phi) is 7.14. The number of allylic oxidation sites excluding steroid dienone is 4. The van der Waals surface area contributed by atoms with Crippen molar-refractivity contribution in [2.45, 2.75) is 13.8 Å². The quantitative estimate of drug-likeness (QED) is 0.500. The third-order valence-electron chi connectivity index (χ3n) is 1.25. The van der Waals surface area contributed by atoms with Crippen molar-refractivity contribution in [3.63, 3.8) is 0 Å². The van der Waals surface area contributed by atoms with Crippen LogP contribution in [0.3, 0.4) is 0 Å². The second-order valence-electron chi connectivity index (χ2n) is 2.19. The van der Waals surface area contributed by atoms with E-state index in [4.69, 9.17) is 4.74 Å². The molecule has 0 radical (unpaired) electrons. The Morgan fingerprint density at radius 3 is 2.75 bits per heavy atom. The van der Waals surface area contributed by atoms with Crippen LogP contribution in [-0.2, 0) is 4.74 Å². The second kappa shape index (κ2) is 7.92. The highest BCUT2D eigenvalue weighted by atomic mass is 16.5. The van der Waals surface area contributed by atoms with Crippen molar-refractivity contribution in [2.75, 3.05) is 13.7 Å². The standard InChI is InChI=1S/C10H17NO/c1-4-7-10(12-3)8-6-9-11-5-2/h4,6-9,11H,5H2,1-3H3/b7-4-,9-6+,10-8+. The Morgan fingerprint density at radius 2 is 2.25 bits per heavy atom. The molecule has 68 valence electrons. The average Bonchev–Trinajstić information content (AvgIpc) is 2.10. The minimum absolute atomic E-state index is 0.853. The lowest BCUT2D eigenvalue weighted by Crippen LogP contribution is -2.00. The zero-order valence-corrected chi connectivity index (χ0v) is 8.00. The Morgan fingerprint density at radius 1 is 1.50 bits per heavy atom. The fourth-order valence-electron chi connectivity index (χ4n) is 0.685. The molecule has 2 nitrogen and oxygen atoms in total. The van der Waals surface area contributed by atoms with E-state index < -0.39 is 0 Å². The van der Waals surface area contributed by atoms with Crippen LogP contribution in [0.5, 0.6) is 0 Å². The van der Waals surface area contributed by atoms with Crippen molar-refractivity contribution in [2.24, 2.45) is 0 Å². The summed E-state index contributed by atoms with van der Waals surface area (Å²) in [5.74, 6) is 0.853. The van der Waals surface area contributed by atoms with Crippen LogP contribution < -0.4 is 5.32 Å². The topological polar surface area (TPSA) is 21.3 Å². The smallest absolute Gasteiger partial charge is 0.118 e. The van der Waals surface area contributed by atoms with E-state index in [9.17, 15) is 0 Å². The first kappa shape index (κ1) is 10.8. The summed E-state index contributed by atoms with van der Waals surface area (Å²) in [6, 6.07) is 0. The highest BCUT2D eigenvalue weighted by Crippen LogP contribution is 1.96. The van der Waals surface area contributed by atoms with Crippen LogP contribution in [0.1, 0.15) is 13.8 Å². The maximum absolute atomic E-state index is 5.07. The first-order valence-electron chi connectivity index (χ1n) is 4.12. The van der Waals surface area contributed by atoms with E-state index in [1.165, 1.54) is 0 Å². The summed E-state index contributed by atoms with van der Waals surface area (Å²) in [4.78, 5) is 0. The van der Waals surface area contributed by atoms with Crippen molar-refractivity contribution >= 4 is 0 Å². The number of nitrogens with one attached hydrogen (secondary N) is 1. The number of hydrogen-bond acceptors (Lipinski definition) is 2. The number of hydrogen-bond donors (Lipinski definition) is 1. The van der Waals surface area contributed by atoms with E-state index in [1.54, 1.807) is 7.11 Å². The van der Waals surface area contributed by atoms with Crippen molar-refractivity contribution in [3.05, 3.63) is 36.3 Å². The first-order valence-corrected chi connectivity index (χ1v) is 4.12. The molecule has 0 aliphatic rings. The van der Waals surface area contributed by atoms with Gasteiger partial charge in [-0.1, -0.05) is 6.08 Å². The third kappa shape index (κ3) is 5.59. The molecule has 0 rings (SSSR count). The first-order chi connectivity index (χ1) is 5.85. The molecule has 0 aromatic rings. The molecule has 0 heterocycles. The molecule has 12 heavy (non-hydrogen) atoms. The maximum atomic E-state index is 5.07. The van der Waals surface area contributed by atoms with Gasteiger partial charge in [0.05, 0.1) is 7.11 Å². The largest absolute Gasteiger partial charge is 0.497 e. The molecule has 0 bridgehead atoms. The van der Waals surface area contributed by atoms with Gasteiger partial charge < -0.3 is 10.1 Å². The summed E-state index contributed by atoms with van der Waals surface area (Å²) in [6.45, 7) is 4.95. The van der Waals surface area contributed by atoms with Gasteiger partial charge in [0.15, 0.2) is 0 Å². The molecule has 0 amide bonds. The average molecular weight is 167 g/mol. The van der Waals surface area contributed by atoms with E-state index in [0.717, 1.165) is 12.3 Å². The molecule has 0 aliphatic heterocycles. The molecule has 0 atom stereocenters. The second-order valence-corrected chi connectivity index (χ2v) is 2.19. The number of methoxy groups -OCH3 is 1. The van der Waals surface area contributed by atoms with Crippen molar-refractivity contribution < 1.29 is 4.74 Å². The van der Waals surface area contributed by atoms with Gasteiger partial charge in [-0.05, 0) is 38.3 Å². The molecule has 0 aromatic heterocycles. The van der Waals surface area contributed by atoms with Gasteiger partial charge in [-0.2, -0.15) is 0 Å². The zero-order valence-electron chi connectivity index (χ0n) is 8.00. The predicted octanol–water partition coefficient (Wildman–Crippen LogP) is 2.22. The molecule has 0 saturated carbocycles. The van der Waals surface area contributed by atoms with E-state index >= 15 is 0 Å². The Bertz CT molecular complexity index is 180. The summed E-state index contributed by atoms with van der Waals surface area (Å²) in [5.41, 5.74) is 0. The van der Waals surface area contributed by atoms with Gasteiger partial charge in [-0.15, -0.1) is 0 Å². The molecule has 0 aliphatic carbocycles. The van der Waals surface area contributed by atoms with E-state index in [2.05, 4.69) is 12.2 Å². The summed E-state index contributed by atoms with van der Waals surface area (Å²) in [5, 5.41) is 3.07. The van der Waals surface area contributed by atoms with Crippen molar-refractivity contribution in [1.82, 2.24) is 5.32 Å². The van der Waals surface area contributed by atoms with Crippen LogP contribution in [0.2, 0.25) is 0 Å². The van der Waals surface area contributed by atoms with Crippen LogP contribution in [0.25, 0.3) is 0 Å². The van der Waals surface area contributed by atoms with E-state index in [-0.39, 0.29) is 0 Å². The third-order valence-corrected chi connectivity index (χ3v) is 1.25. The molecule has 0 fully saturated rings. The van der Waals surface area contributed by atoms with Crippen LogP contribution in [0, 0.1) is 0 Å². The molecule has 0 aromatic carbocycles. The van der Waals surface area contributed by atoms with Crippen LogP contribution >= 0.6 is 0 Å². The van der Waals surface area contributed by atoms with E-state index in [1.807, 2.05) is 37.4 Å². The van der Waals surface area contributed by atoms with Gasteiger partial charge >= 0.3 is 0 Å². The maximum Gasteiger partial charge on any atom is 0.118 e. The minimum atomic E-state index is 0.853. The fraction of sp³-hybridized carbons (Fsp3) is 0.400. The molecule has 0 unspecified atom stereocenters. The molecule has 0 saturated heterocycles. The molecule has 0 spiro atoms. The van der Waals surface area contributed by atoms with Gasteiger partial charge in [-0.25, -0.2) is 0 Å². The Labute approximate surface area is 74.6 Å². The highest BCUT2D eigenvalue weighted by molar-refractivity contribution is 5.17. The summed E-state index contributed by atoms with van der Waals surface area (Å²) in [7, 11) is 1.66. The van der Waals surface area contributed by atoms with Crippen LogP contribution in [-0.4, -0.2) is 13.7 Å².